The van der Waals surface area contributed by atoms with Gasteiger partial charge in [0.2, 0.25) is 0 Å². The molecule has 0 atom stereocenters. The number of rotatable bonds is 0. The molecule has 1 N–H and O–H groups in total. The molecule has 0 bridgehead atoms. The molecule has 1 aliphatic heterocycles. The maximum atomic E-state index is 4.27. The molecule has 3 nitrogen and oxygen atoms in total. The molecule has 4 heteroatoms. The molecule has 0 saturated carbocycles. The molecule has 1 aliphatic rings. The zero-order chi connectivity index (χ0) is 6.97. The third-order valence-corrected chi connectivity index (χ3v) is 2.02. The Balaban J connectivity index is 2.41. The molecular formula is C6H8BrN3. The number of aromatic nitrogens is 2. The zero-order valence-electron chi connectivity index (χ0n) is 5.47. The fourth-order valence-electron chi connectivity index (χ4n) is 1.15. The van der Waals surface area contributed by atoms with E-state index in [0.29, 0.717) is 0 Å². The van der Waals surface area contributed by atoms with Crippen LogP contribution in [0.5, 0.6) is 0 Å². The van der Waals surface area contributed by atoms with Crippen LogP contribution in [-0.4, -0.2) is 16.1 Å². The second-order valence-electron chi connectivity index (χ2n) is 2.35. The van der Waals surface area contributed by atoms with Crippen molar-refractivity contribution in [3.05, 3.63) is 16.6 Å². The molecule has 1 aromatic rings. The van der Waals surface area contributed by atoms with Gasteiger partial charge in [0.15, 0.2) is 0 Å². The van der Waals surface area contributed by atoms with Crippen LogP contribution in [0.2, 0.25) is 0 Å². The average Bonchev–Trinajstić information content (AvgIpc) is 2.27. The molecule has 0 radical (unpaired) electrons. The summed E-state index contributed by atoms with van der Waals surface area (Å²) in [5.74, 6) is 1.12. The number of nitrogens with zero attached hydrogens (tertiary/aromatic N) is 2. The fourth-order valence-corrected chi connectivity index (χ4v) is 1.61. The second-order valence-corrected chi connectivity index (χ2v) is 3.16. The van der Waals surface area contributed by atoms with Crippen molar-refractivity contribution < 1.29 is 0 Å². The summed E-state index contributed by atoms with van der Waals surface area (Å²) >= 11 is 3.33. The third-order valence-electron chi connectivity index (χ3n) is 1.64. The van der Waals surface area contributed by atoms with E-state index in [1.165, 1.54) is 0 Å². The second kappa shape index (κ2) is 2.36. The molecule has 0 saturated heterocycles. The molecule has 0 aliphatic carbocycles. The molecule has 1 aromatic heterocycles. The van der Waals surface area contributed by atoms with Gasteiger partial charge in [0.1, 0.15) is 10.4 Å². The summed E-state index contributed by atoms with van der Waals surface area (Å²) < 4.78 is 3.10. The van der Waals surface area contributed by atoms with Crippen LogP contribution in [0.25, 0.3) is 0 Å². The summed E-state index contributed by atoms with van der Waals surface area (Å²) in [6.45, 7) is 2.98. The number of hydrogen-bond acceptors (Lipinski definition) is 2. The SMILES string of the molecule is Brc1cn2c(n1)CNCC2. The molecule has 2 rings (SSSR count). The van der Waals surface area contributed by atoms with E-state index in [-0.39, 0.29) is 0 Å². The van der Waals surface area contributed by atoms with Crippen LogP contribution in [0, 0.1) is 0 Å². The fraction of sp³-hybridized carbons (Fsp3) is 0.500. The summed E-state index contributed by atoms with van der Waals surface area (Å²) in [6.07, 6.45) is 2.02. The molecule has 0 spiro atoms. The van der Waals surface area contributed by atoms with E-state index in [4.69, 9.17) is 0 Å². The van der Waals surface area contributed by atoms with Gasteiger partial charge in [-0.05, 0) is 15.9 Å². The highest BCUT2D eigenvalue weighted by molar-refractivity contribution is 9.10. The molecule has 10 heavy (non-hydrogen) atoms. The van der Waals surface area contributed by atoms with Gasteiger partial charge in [0, 0.05) is 19.3 Å². The summed E-state index contributed by atoms with van der Waals surface area (Å²) in [6, 6.07) is 0. The average molecular weight is 202 g/mol. The van der Waals surface area contributed by atoms with Gasteiger partial charge in [0.25, 0.3) is 0 Å². The Hall–Kier alpha value is -0.350. The van der Waals surface area contributed by atoms with E-state index in [1.807, 2.05) is 6.20 Å². The number of fused-ring (bicyclic) bond motifs is 1. The van der Waals surface area contributed by atoms with E-state index >= 15 is 0 Å². The Morgan fingerprint density at radius 1 is 1.70 bits per heavy atom. The van der Waals surface area contributed by atoms with E-state index in [0.717, 1.165) is 30.1 Å². The number of imidazole rings is 1. The Morgan fingerprint density at radius 2 is 2.60 bits per heavy atom. The smallest absolute Gasteiger partial charge is 0.124 e. The Bertz CT molecular complexity index is 220. The molecule has 0 fully saturated rings. The van der Waals surface area contributed by atoms with E-state index < -0.39 is 0 Å². The maximum absolute atomic E-state index is 4.27. The predicted molar refractivity (Wildman–Crippen MR) is 41.6 cm³/mol. The van der Waals surface area contributed by atoms with Crippen molar-refractivity contribution in [2.45, 2.75) is 13.1 Å². The number of hydrogen-bond donors (Lipinski definition) is 1. The lowest BCUT2D eigenvalue weighted by atomic mass is 10.4. The minimum atomic E-state index is 0.894. The first-order chi connectivity index (χ1) is 4.86. The Labute approximate surface area is 67.6 Å². The normalized spacial score (nSPS) is 16.9. The van der Waals surface area contributed by atoms with Gasteiger partial charge < -0.3 is 9.88 Å². The van der Waals surface area contributed by atoms with Crippen molar-refractivity contribution >= 4 is 15.9 Å². The van der Waals surface area contributed by atoms with Crippen LogP contribution in [0.4, 0.5) is 0 Å². The Morgan fingerprint density at radius 3 is 3.40 bits per heavy atom. The lowest BCUT2D eigenvalue weighted by Crippen LogP contribution is -2.27. The van der Waals surface area contributed by atoms with Crippen molar-refractivity contribution in [3.63, 3.8) is 0 Å². The topological polar surface area (TPSA) is 29.9 Å². The zero-order valence-corrected chi connectivity index (χ0v) is 7.06. The molecule has 0 aromatic carbocycles. The molecule has 2 heterocycles. The van der Waals surface area contributed by atoms with Crippen molar-refractivity contribution in [1.29, 1.82) is 0 Å². The monoisotopic (exact) mass is 201 g/mol. The molecule has 0 amide bonds. The van der Waals surface area contributed by atoms with Gasteiger partial charge in [-0.3, -0.25) is 0 Å². The quantitative estimate of drug-likeness (QED) is 0.672. The number of halogens is 1. The first kappa shape index (κ1) is 6.37. The standard InChI is InChI=1S/C6H8BrN3/c7-5-4-10-2-1-8-3-6(10)9-5/h4,8H,1-3H2. The number of nitrogens with one attached hydrogen (secondary N) is 1. The minimum Gasteiger partial charge on any atom is -0.331 e. The summed E-state index contributed by atoms with van der Waals surface area (Å²) in [4.78, 5) is 4.27. The summed E-state index contributed by atoms with van der Waals surface area (Å²) in [7, 11) is 0. The van der Waals surface area contributed by atoms with E-state index in [9.17, 15) is 0 Å². The van der Waals surface area contributed by atoms with Gasteiger partial charge in [-0.25, -0.2) is 4.98 Å². The highest BCUT2D eigenvalue weighted by Crippen LogP contribution is 2.11. The van der Waals surface area contributed by atoms with Gasteiger partial charge in [-0.1, -0.05) is 0 Å². The summed E-state index contributed by atoms with van der Waals surface area (Å²) in [5, 5.41) is 3.25. The molecular weight excluding hydrogens is 194 g/mol. The molecule has 0 unspecified atom stereocenters. The van der Waals surface area contributed by atoms with Crippen LogP contribution < -0.4 is 5.32 Å². The predicted octanol–water partition coefficient (Wildman–Crippen LogP) is 0.749. The van der Waals surface area contributed by atoms with Crippen LogP contribution in [0.1, 0.15) is 5.82 Å². The maximum Gasteiger partial charge on any atom is 0.124 e. The Kier molecular flexibility index (Phi) is 1.50. The minimum absolute atomic E-state index is 0.894. The lowest BCUT2D eigenvalue weighted by Gasteiger charge is -2.13. The van der Waals surface area contributed by atoms with Crippen LogP contribution in [0.3, 0.4) is 0 Å². The van der Waals surface area contributed by atoms with E-state index in [1.54, 1.807) is 0 Å². The van der Waals surface area contributed by atoms with Crippen LogP contribution in [-0.2, 0) is 13.1 Å². The highest BCUT2D eigenvalue weighted by Gasteiger charge is 2.09. The summed E-state index contributed by atoms with van der Waals surface area (Å²) in [5.41, 5.74) is 0. The first-order valence-electron chi connectivity index (χ1n) is 3.28. The van der Waals surface area contributed by atoms with Gasteiger partial charge in [0.05, 0.1) is 6.54 Å². The van der Waals surface area contributed by atoms with Crippen molar-refractivity contribution in [1.82, 2.24) is 14.9 Å². The van der Waals surface area contributed by atoms with Gasteiger partial charge in [-0.2, -0.15) is 0 Å². The van der Waals surface area contributed by atoms with Crippen LogP contribution >= 0.6 is 15.9 Å². The third kappa shape index (κ3) is 0.973. The van der Waals surface area contributed by atoms with Crippen molar-refractivity contribution in [3.8, 4) is 0 Å². The lowest BCUT2D eigenvalue weighted by molar-refractivity contribution is 0.505. The van der Waals surface area contributed by atoms with Crippen molar-refractivity contribution in [2.24, 2.45) is 0 Å². The highest BCUT2D eigenvalue weighted by atomic mass is 79.9. The largest absolute Gasteiger partial charge is 0.331 e. The first-order valence-corrected chi connectivity index (χ1v) is 4.08. The van der Waals surface area contributed by atoms with Gasteiger partial charge >= 0.3 is 0 Å². The van der Waals surface area contributed by atoms with E-state index in [2.05, 4.69) is 30.8 Å². The van der Waals surface area contributed by atoms with Crippen molar-refractivity contribution in [2.75, 3.05) is 6.54 Å². The molecule has 54 valence electrons. The van der Waals surface area contributed by atoms with Gasteiger partial charge in [-0.15, -0.1) is 0 Å². The van der Waals surface area contributed by atoms with Crippen LogP contribution in [0.15, 0.2) is 10.8 Å².